The van der Waals surface area contributed by atoms with Crippen LogP contribution in [0.2, 0.25) is 0 Å². The van der Waals surface area contributed by atoms with Crippen molar-refractivity contribution in [1.29, 1.82) is 0 Å². The van der Waals surface area contributed by atoms with Gasteiger partial charge in [0.1, 0.15) is 13.2 Å². The number of hydrogen-bond acceptors (Lipinski definition) is 6. The van der Waals surface area contributed by atoms with Crippen molar-refractivity contribution in [1.82, 2.24) is 14.8 Å². The zero-order chi connectivity index (χ0) is 21.8. The zero-order valence-electron chi connectivity index (χ0n) is 17.9. The standard InChI is InChI=1S/C22H28N4O4S/c1-3-25(4-2)22(28)26-9-7-15(8-10-26)20(27)24-21-23-17(14-31-21)16-5-6-18-19(13-16)30-12-11-29-18/h5-6,13-15H,3-4,7-12H2,1-2H3,(H,23,24,27). The second kappa shape index (κ2) is 9.55. The Bertz CT molecular complexity index is 935. The van der Waals surface area contributed by atoms with Crippen LogP contribution in [-0.4, -0.2) is 66.1 Å². The lowest BCUT2D eigenvalue weighted by Gasteiger charge is -2.34. The molecule has 4 rings (SSSR count). The molecule has 0 bridgehead atoms. The highest BCUT2D eigenvalue weighted by Gasteiger charge is 2.29. The monoisotopic (exact) mass is 444 g/mol. The quantitative estimate of drug-likeness (QED) is 0.760. The van der Waals surface area contributed by atoms with E-state index in [1.807, 2.05) is 47.2 Å². The van der Waals surface area contributed by atoms with Crippen molar-refractivity contribution in [2.75, 3.05) is 44.7 Å². The number of nitrogens with one attached hydrogen (secondary N) is 1. The number of urea groups is 1. The fraction of sp³-hybridized carbons (Fsp3) is 0.500. The number of fused-ring (bicyclic) bond motifs is 1. The van der Waals surface area contributed by atoms with Gasteiger partial charge in [0, 0.05) is 43.0 Å². The van der Waals surface area contributed by atoms with Crippen LogP contribution in [0.5, 0.6) is 11.5 Å². The molecule has 3 amide bonds. The van der Waals surface area contributed by atoms with E-state index in [9.17, 15) is 9.59 Å². The summed E-state index contributed by atoms with van der Waals surface area (Å²) in [6.45, 7) is 7.66. The van der Waals surface area contributed by atoms with Crippen molar-refractivity contribution < 1.29 is 19.1 Å². The predicted octanol–water partition coefficient (Wildman–Crippen LogP) is 3.69. The number of piperidine rings is 1. The van der Waals surface area contributed by atoms with Gasteiger partial charge in [0.25, 0.3) is 0 Å². The number of carbonyl (C=O) groups excluding carboxylic acids is 2. The number of thiazole rings is 1. The molecule has 2 aliphatic rings. The van der Waals surface area contributed by atoms with Gasteiger partial charge in [-0.1, -0.05) is 0 Å². The second-order valence-electron chi connectivity index (χ2n) is 7.60. The van der Waals surface area contributed by atoms with Crippen LogP contribution in [0.4, 0.5) is 9.93 Å². The summed E-state index contributed by atoms with van der Waals surface area (Å²) in [6, 6.07) is 5.80. The third-order valence-electron chi connectivity index (χ3n) is 5.74. The van der Waals surface area contributed by atoms with Crippen molar-refractivity contribution >= 4 is 28.4 Å². The van der Waals surface area contributed by atoms with Gasteiger partial charge in [-0.25, -0.2) is 9.78 Å². The molecule has 1 fully saturated rings. The van der Waals surface area contributed by atoms with Gasteiger partial charge < -0.3 is 24.6 Å². The van der Waals surface area contributed by atoms with E-state index in [-0.39, 0.29) is 17.9 Å². The number of likely N-dealkylation sites (tertiary alicyclic amines) is 1. The smallest absolute Gasteiger partial charge is 0.319 e. The first-order valence-corrected chi connectivity index (χ1v) is 11.7. The lowest BCUT2D eigenvalue weighted by molar-refractivity contribution is -0.121. The number of nitrogens with zero attached hydrogens (tertiary/aromatic N) is 3. The molecule has 3 heterocycles. The second-order valence-corrected chi connectivity index (χ2v) is 8.46. The third-order valence-corrected chi connectivity index (χ3v) is 6.50. The number of anilines is 1. The predicted molar refractivity (Wildman–Crippen MR) is 120 cm³/mol. The molecule has 1 N–H and O–H groups in total. The molecule has 0 radical (unpaired) electrons. The van der Waals surface area contributed by atoms with Gasteiger partial charge >= 0.3 is 6.03 Å². The average Bonchev–Trinajstić information content (AvgIpc) is 3.28. The van der Waals surface area contributed by atoms with Gasteiger partial charge in [0.2, 0.25) is 5.91 Å². The van der Waals surface area contributed by atoms with Crippen LogP contribution in [0.1, 0.15) is 26.7 Å². The fourth-order valence-corrected chi connectivity index (χ4v) is 4.62. The number of amides is 3. The van der Waals surface area contributed by atoms with E-state index in [1.165, 1.54) is 11.3 Å². The molecule has 0 aliphatic carbocycles. The van der Waals surface area contributed by atoms with E-state index in [0.717, 1.165) is 17.0 Å². The first kappa shape index (κ1) is 21.4. The number of benzene rings is 1. The summed E-state index contributed by atoms with van der Waals surface area (Å²) < 4.78 is 11.2. The maximum Gasteiger partial charge on any atom is 0.319 e. The van der Waals surface area contributed by atoms with E-state index >= 15 is 0 Å². The summed E-state index contributed by atoms with van der Waals surface area (Å²) in [5.74, 6) is 1.32. The Morgan fingerprint density at radius 2 is 1.87 bits per heavy atom. The molecule has 1 aromatic heterocycles. The van der Waals surface area contributed by atoms with Crippen LogP contribution in [0.3, 0.4) is 0 Å². The van der Waals surface area contributed by atoms with E-state index < -0.39 is 0 Å². The Balaban J connectivity index is 1.33. The van der Waals surface area contributed by atoms with Crippen LogP contribution in [0.15, 0.2) is 23.6 Å². The number of aromatic nitrogens is 1. The highest BCUT2D eigenvalue weighted by Crippen LogP contribution is 2.35. The molecular weight excluding hydrogens is 416 g/mol. The van der Waals surface area contributed by atoms with Crippen LogP contribution >= 0.6 is 11.3 Å². The highest BCUT2D eigenvalue weighted by molar-refractivity contribution is 7.14. The molecule has 1 aromatic carbocycles. The van der Waals surface area contributed by atoms with Crippen LogP contribution in [0.25, 0.3) is 11.3 Å². The summed E-state index contributed by atoms with van der Waals surface area (Å²) >= 11 is 1.40. The van der Waals surface area contributed by atoms with E-state index in [0.29, 0.717) is 63.1 Å². The molecule has 166 valence electrons. The molecular formula is C22H28N4O4S. The summed E-state index contributed by atoms with van der Waals surface area (Å²) in [4.78, 5) is 33.4. The Morgan fingerprint density at radius 3 is 2.58 bits per heavy atom. The normalized spacial score (nSPS) is 16.1. The number of rotatable bonds is 5. The summed E-state index contributed by atoms with van der Waals surface area (Å²) in [6.07, 6.45) is 1.33. The van der Waals surface area contributed by atoms with Gasteiger partial charge in [-0.3, -0.25) is 4.79 Å². The van der Waals surface area contributed by atoms with Gasteiger partial charge in [0.15, 0.2) is 16.6 Å². The molecule has 2 aliphatic heterocycles. The van der Waals surface area contributed by atoms with E-state index in [1.54, 1.807) is 0 Å². The number of hydrogen-bond donors (Lipinski definition) is 1. The van der Waals surface area contributed by atoms with Crippen molar-refractivity contribution in [2.45, 2.75) is 26.7 Å². The lowest BCUT2D eigenvalue weighted by atomic mass is 9.96. The minimum Gasteiger partial charge on any atom is -0.486 e. The molecule has 31 heavy (non-hydrogen) atoms. The maximum absolute atomic E-state index is 12.7. The zero-order valence-corrected chi connectivity index (χ0v) is 18.7. The molecule has 0 unspecified atom stereocenters. The highest BCUT2D eigenvalue weighted by atomic mass is 32.1. The first-order valence-electron chi connectivity index (χ1n) is 10.8. The SMILES string of the molecule is CCN(CC)C(=O)N1CCC(C(=O)Nc2nc(-c3ccc4c(c3)OCCO4)cs2)CC1. The Hall–Kier alpha value is -2.81. The minimum atomic E-state index is -0.109. The van der Waals surface area contributed by atoms with Gasteiger partial charge in [-0.15, -0.1) is 11.3 Å². The topological polar surface area (TPSA) is 84.0 Å². The molecule has 2 aromatic rings. The summed E-state index contributed by atoms with van der Waals surface area (Å²) in [5.41, 5.74) is 1.71. The summed E-state index contributed by atoms with van der Waals surface area (Å²) in [5, 5.41) is 5.46. The Labute approximate surface area is 186 Å². The molecule has 8 nitrogen and oxygen atoms in total. The molecule has 0 atom stereocenters. The lowest BCUT2D eigenvalue weighted by Crippen LogP contribution is -2.47. The van der Waals surface area contributed by atoms with Crippen molar-refractivity contribution in [3.05, 3.63) is 23.6 Å². The van der Waals surface area contributed by atoms with E-state index in [4.69, 9.17) is 9.47 Å². The van der Waals surface area contributed by atoms with Gasteiger partial charge in [-0.2, -0.15) is 0 Å². The fourth-order valence-electron chi connectivity index (χ4n) is 3.90. The Morgan fingerprint density at radius 1 is 1.16 bits per heavy atom. The molecule has 0 saturated carbocycles. The van der Waals surface area contributed by atoms with Gasteiger partial charge in [-0.05, 0) is 44.9 Å². The molecule has 9 heteroatoms. The van der Waals surface area contributed by atoms with Crippen LogP contribution in [-0.2, 0) is 4.79 Å². The minimum absolute atomic E-state index is 0.0296. The summed E-state index contributed by atoms with van der Waals surface area (Å²) in [7, 11) is 0. The van der Waals surface area contributed by atoms with Crippen LogP contribution < -0.4 is 14.8 Å². The van der Waals surface area contributed by atoms with Crippen molar-refractivity contribution in [2.24, 2.45) is 5.92 Å². The van der Waals surface area contributed by atoms with Gasteiger partial charge in [0.05, 0.1) is 5.69 Å². The van der Waals surface area contributed by atoms with Crippen molar-refractivity contribution in [3.8, 4) is 22.8 Å². The van der Waals surface area contributed by atoms with E-state index in [2.05, 4.69) is 10.3 Å². The van der Waals surface area contributed by atoms with Crippen LogP contribution in [0, 0.1) is 5.92 Å². The third kappa shape index (κ3) is 4.76. The molecule has 0 spiro atoms. The average molecular weight is 445 g/mol. The number of ether oxygens (including phenoxy) is 2. The Kier molecular flexibility index (Phi) is 6.60. The maximum atomic E-state index is 12.7. The first-order chi connectivity index (χ1) is 15.1. The molecule has 1 saturated heterocycles. The largest absolute Gasteiger partial charge is 0.486 e. The van der Waals surface area contributed by atoms with Crippen molar-refractivity contribution in [3.63, 3.8) is 0 Å². The number of carbonyl (C=O) groups is 2.